The first-order valence-electron chi connectivity index (χ1n) is 7.31. The first-order valence-corrected chi connectivity index (χ1v) is 7.31. The summed E-state index contributed by atoms with van der Waals surface area (Å²) in [5, 5.41) is 3.46. The summed E-state index contributed by atoms with van der Waals surface area (Å²) in [7, 11) is 1.85. The van der Waals surface area contributed by atoms with E-state index in [1.807, 2.05) is 7.11 Å². The molecule has 17 heavy (non-hydrogen) atoms. The Morgan fingerprint density at radius 3 is 2.41 bits per heavy atom. The maximum atomic E-state index is 5.58. The molecule has 0 amide bonds. The maximum absolute atomic E-state index is 5.58. The summed E-state index contributed by atoms with van der Waals surface area (Å²) >= 11 is 0. The van der Waals surface area contributed by atoms with Gasteiger partial charge in [-0.1, -0.05) is 25.7 Å². The monoisotopic (exact) mass is 238 g/mol. The Balaban J connectivity index is 1.56. The van der Waals surface area contributed by atoms with Crippen LogP contribution in [0.1, 0.15) is 38.5 Å². The van der Waals surface area contributed by atoms with Gasteiger partial charge in [0.1, 0.15) is 0 Å². The van der Waals surface area contributed by atoms with Gasteiger partial charge in [-0.25, -0.2) is 0 Å². The zero-order valence-corrected chi connectivity index (χ0v) is 11.1. The second-order valence-corrected chi connectivity index (χ2v) is 6.32. The van der Waals surface area contributed by atoms with Crippen LogP contribution in [-0.4, -0.2) is 50.3 Å². The third-order valence-electron chi connectivity index (χ3n) is 5.14. The van der Waals surface area contributed by atoms with E-state index >= 15 is 0 Å². The summed E-state index contributed by atoms with van der Waals surface area (Å²) in [4.78, 5) is 2.67. The minimum atomic E-state index is 0.415. The summed E-state index contributed by atoms with van der Waals surface area (Å²) < 4.78 is 5.58. The zero-order chi connectivity index (χ0) is 11.7. The lowest BCUT2D eigenvalue weighted by molar-refractivity contribution is -0.0699. The lowest BCUT2D eigenvalue weighted by atomic mass is 9.72. The summed E-state index contributed by atoms with van der Waals surface area (Å²) in [6.07, 6.45) is 9.22. The molecule has 0 bridgehead atoms. The molecule has 0 aromatic rings. The van der Waals surface area contributed by atoms with Gasteiger partial charge in [-0.3, -0.25) is 4.90 Å². The van der Waals surface area contributed by atoms with Gasteiger partial charge in [0.05, 0.1) is 6.10 Å². The number of hydrogen-bond acceptors (Lipinski definition) is 3. The molecule has 0 radical (unpaired) electrons. The van der Waals surface area contributed by atoms with Crippen molar-refractivity contribution in [2.24, 2.45) is 5.41 Å². The Labute approximate surface area is 105 Å². The highest BCUT2D eigenvalue weighted by Gasteiger charge is 2.47. The Morgan fingerprint density at radius 1 is 1.06 bits per heavy atom. The number of likely N-dealkylation sites (tertiary alicyclic amines) is 1. The van der Waals surface area contributed by atoms with Crippen molar-refractivity contribution in [2.75, 3.05) is 33.3 Å². The van der Waals surface area contributed by atoms with Gasteiger partial charge in [-0.15, -0.1) is 0 Å². The van der Waals surface area contributed by atoms with Crippen LogP contribution in [0.3, 0.4) is 0 Å². The Kier molecular flexibility index (Phi) is 3.42. The highest BCUT2D eigenvalue weighted by Crippen LogP contribution is 2.44. The van der Waals surface area contributed by atoms with Crippen LogP contribution in [0.25, 0.3) is 0 Å². The molecule has 2 atom stereocenters. The van der Waals surface area contributed by atoms with E-state index in [0.29, 0.717) is 17.6 Å². The maximum Gasteiger partial charge on any atom is 0.0862 e. The standard InChI is InChI=1S/C14H26N2O/c1-17-13-9-15-8-12(13)16-10-14(11-16)6-4-2-3-5-7-14/h12-13,15H,2-11H2,1H3/t12?,13-/m0/s1. The van der Waals surface area contributed by atoms with Gasteiger partial charge in [-0.2, -0.15) is 0 Å². The van der Waals surface area contributed by atoms with Crippen molar-refractivity contribution in [1.29, 1.82) is 0 Å². The predicted molar refractivity (Wildman–Crippen MR) is 69.2 cm³/mol. The minimum Gasteiger partial charge on any atom is -0.378 e. The molecule has 2 saturated heterocycles. The average Bonchev–Trinajstić information content (AvgIpc) is 2.62. The van der Waals surface area contributed by atoms with Crippen molar-refractivity contribution in [3.05, 3.63) is 0 Å². The van der Waals surface area contributed by atoms with Gasteiger partial charge in [0.25, 0.3) is 0 Å². The van der Waals surface area contributed by atoms with E-state index in [4.69, 9.17) is 4.74 Å². The van der Waals surface area contributed by atoms with E-state index in [9.17, 15) is 0 Å². The van der Waals surface area contributed by atoms with Crippen molar-refractivity contribution >= 4 is 0 Å². The van der Waals surface area contributed by atoms with Crippen molar-refractivity contribution in [3.63, 3.8) is 0 Å². The van der Waals surface area contributed by atoms with Crippen LogP contribution in [0.15, 0.2) is 0 Å². The van der Waals surface area contributed by atoms with Gasteiger partial charge in [0.15, 0.2) is 0 Å². The summed E-state index contributed by atoms with van der Waals surface area (Å²) in [6, 6.07) is 0.633. The number of rotatable bonds is 2. The molecule has 0 aromatic heterocycles. The van der Waals surface area contributed by atoms with Gasteiger partial charge in [0.2, 0.25) is 0 Å². The molecule has 0 aromatic carbocycles. The first-order chi connectivity index (χ1) is 8.33. The smallest absolute Gasteiger partial charge is 0.0862 e. The van der Waals surface area contributed by atoms with Crippen molar-refractivity contribution in [1.82, 2.24) is 10.2 Å². The SMILES string of the molecule is CO[C@H]1CNCC1N1CC2(CCCCCC2)C1. The van der Waals surface area contributed by atoms with Gasteiger partial charge >= 0.3 is 0 Å². The predicted octanol–water partition coefficient (Wildman–Crippen LogP) is 1.63. The second-order valence-electron chi connectivity index (χ2n) is 6.32. The van der Waals surface area contributed by atoms with Crippen molar-refractivity contribution < 1.29 is 4.74 Å². The fourth-order valence-electron chi connectivity index (χ4n) is 4.09. The van der Waals surface area contributed by atoms with Crippen molar-refractivity contribution in [3.8, 4) is 0 Å². The molecule has 3 nitrogen and oxygen atoms in total. The average molecular weight is 238 g/mol. The Morgan fingerprint density at radius 2 is 1.76 bits per heavy atom. The Bertz CT molecular complexity index is 253. The molecular formula is C14H26N2O. The number of methoxy groups -OCH3 is 1. The lowest BCUT2D eigenvalue weighted by Crippen LogP contribution is -2.62. The molecule has 98 valence electrons. The van der Waals surface area contributed by atoms with Gasteiger partial charge in [0, 0.05) is 39.3 Å². The molecule has 1 spiro atoms. The normalized spacial score (nSPS) is 37.9. The van der Waals surface area contributed by atoms with E-state index in [2.05, 4.69) is 10.2 Å². The van der Waals surface area contributed by atoms with Crippen LogP contribution >= 0.6 is 0 Å². The largest absolute Gasteiger partial charge is 0.378 e. The van der Waals surface area contributed by atoms with Crippen LogP contribution in [0.5, 0.6) is 0 Å². The third-order valence-corrected chi connectivity index (χ3v) is 5.14. The van der Waals surface area contributed by atoms with E-state index in [-0.39, 0.29) is 0 Å². The third kappa shape index (κ3) is 2.25. The molecule has 2 heterocycles. The van der Waals surface area contributed by atoms with Crippen molar-refractivity contribution in [2.45, 2.75) is 50.7 Å². The van der Waals surface area contributed by atoms with E-state index < -0.39 is 0 Å². The molecule has 3 fully saturated rings. The molecule has 1 saturated carbocycles. The molecule has 3 aliphatic rings. The molecule has 1 N–H and O–H groups in total. The van der Waals surface area contributed by atoms with Gasteiger partial charge in [-0.05, 0) is 18.3 Å². The van der Waals surface area contributed by atoms with Crippen LogP contribution < -0.4 is 5.32 Å². The molecule has 2 aliphatic heterocycles. The second kappa shape index (κ2) is 4.87. The fourth-order valence-corrected chi connectivity index (χ4v) is 4.09. The van der Waals surface area contributed by atoms with Crippen LogP contribution in [-0.2, 0) is 4.74 Å². The minimum absolute atomic E-state index is 0.415. The van der Waals surface area contributed by atoms with Crippen LogP contribution in [0.2, 0.25) is 0 Å². The van der Waals surface area contributed by atoms with E-state index in [1.165, 1.54) is 51.6 Å². The van der Waals surface area contributed by atoms with Crippen LogP contribution in [0, 0.1) is 5.41 Å². The zero-order valence-electron chi connectivity index (χ0n) is 11.1. The highest BCUT2D eigenvalue weighted by molar-refractivity contribution is 5.02. The Hall–Kier alpha value is -0.120. The van der Waals surface area contributed by atoms with E-state index in [1.54, 1.807) is 0 Å². The lowest BCUT2D eigenvalue weighted by Gasteiger charge is -2.53. The quantitative estimate of drug-likeness (QED) is 0.791. The number of ether oxygens (including phenoxy) is 1. The summed E-state index contributed by atoms with van der Waals surface area (Å²) in [6.45, 7) is 4.82. The molecular weight excluding hydrogens is 212 g/mol. The molecule has 1 unspecified atom stereocenters. The molecule has 3 rings (SSSR count). The molecule has 1 aliphatic carbocycles. The van der Waals surface area contributed by atoms with E-state index in [0.717, 1.165) is 13.1 Å². The first kappa shape index (κ1) is 11.9. The van der Waals surface area contributed by atoms with Crippen LogP contribution in [0.4, 0.5) is 0 Å². The number of hydrogen-bond donors (Lipinski definition) is 1. The van der Waals surface area contributed by atoms with Gasteiger partial charge < -0.3 is 10.1 Å². The topological polar surface area (TPSA) is 24.5 Å². The molecule has 3 heteroatoms. The fraction of sp³-hybridized carbons (Fsp3) is 1.00. The summed E-state index contributed by atoms with van der Waals surface area (Å²) in [5.41, 5.74) is 0.692. The number of nitrogens with zero attached hydrogens (tertiary/aromatic N) is 1. The summed E-state index contributed by atoms with van der Waals surface area (Å²) in [5.74, 6) is 0. The highest BCUT2D eigenvalue weighted by atomic mass is 16.5. The number of nitrogens with one attached hydrogen (secondary N) is 1.